The van der Waals surface area contributed by atoms with Crippen molar-refractivity contribution in [2.24, 2.45) is 0 Å². The Balaban J connectivity index is 1.82. The number of oxazole rings is 1. The second kappa shape index (κ2) is 6.56. The zero-order chi connectivity index (χ0) is 18.2. The SMILES string of the molecule is COC1(CN(C)C)CCN(S(=O)(=O)c2ccc3[nH]c(=O)oc3c2)CC1. The first-order valence-electron chi connectivity index (χ1n) is 8.09. The summed E-state index contributed by atoms with van der Waals surface area (Å²) < 4.78 is 37.9. The molecule has 1 aromatic carbocycles. The van der Waals surface area contributed by atoms with Crippen molar-refractivity contribution in [2.75, 3.05) is 40.8 Å². The Morgan fingerprint density at radius 1 is 1.32 bits per heavy atom. The predicted octanol–water partition coefficient (Wildman–Crippen LogP) is 0.852. The standard InChI is InChI=1S/C16H23N3O5S/c1-18(2)11-16(23-3)6-8-19(9-7-16)25(21,22)12-4-5-13-14(10-12)24-15(20)17-13/h4-5,10H,6-9,11H2,1-3H3,(H,17,20). The van der Waals surface area contributed by atoms with E-state index in [1.807, 2.05) is 14.1 Å². The van der Waals surface area contributed by atoms with Gasteiger partial charge in [0.1, 0.15) is 0 Å². The van der Waals surface area contributed by atoms with Crippen molar-refractivity contribution < 1.29 is 17.6 Å². The molecule has 2 aromatic rings. The van der Waals surface area contributed by atoms with E-state index in [9.17, 15) is 13.2 Å². The van der Waals surface area contributed by atoms with Crippen molar-refractivity contribution in [1.82, 2.24) is 14.2 Å². The molecule has 0 radical (unpaired) electrons. The fraction of sp³-hybridized carbons (Fsp3) is 0.562. The molecule has 0 bridgehead atoms. The molecule has 8 nitrogen and oxygen atoms in total. The van der Waals surface area contributed by atoms with Gasteiger partial charge in [0.25, 0.3) is 0 Å². The number of hydrogen-bond donors (Lipinski definition) is 1. The third kappa shape index (κ3) is 3.50. The minimum absolute atomic E-state index is 0.125. The molecule has 0 unspecified atom stereocenters. The van der Waals surface area contributed by atoms with Crippen LogP contribution in [0, 0.1) is 0 Å². The van der Waals surface area contributed by atoms with Gasteiger partial charge in [-0.25, -0.2) is 13.2 Å². The summed E-state index contributed by atoms with van der Waals surface area (Å²) in [6.45, 7) is 1.52. The molecule has 1 N–H and O–H groups in total. The van der Waals surface area contributed by atoms with Crippen LogP contribution < -0.4 is 5.76 Å². The second-order valence-corrected chi connectivity index (χ2v) is 8.64. The number of sulfonamides is 1. The van der Waals surface area contributed by atoms with E-state index < -0.39 is 15.8 Å². The Hall–Kier alpha value is -1.68. The number of nitrogens with zero attached hydrogens (tertiary/aromatic N) is 2. The number of methoxy groups -OCH3 is 1. The quantitative estimate of drug-likeness (QED) is 0.840. The molecule has 1 aliphatic rings. The largest absolute Gasteiger partial charge is 0.417 e. The Morgan fingerprint density at radius 3 is 2.60 bits per heavy atom. The van der Waals surface area contributed by atoms with Gasteiger partial charge in [0.05, 0.1) is 16.0 Å². The number of aromatic amines is 1. The van der Waals surface area contributed by atoms with Crippen molar-refractivity contribution in [1.29, 1.82) is 0 Å². The van der Waals surface area contributed by atoms with E-state index in [-0.39, 0.29) is 16.1 Å². The van der Waals surface area contributed by atoms with Gasteiger partial charge in [0, 0.05) is 32.8 Å². The number of rotatable bonds is 5. The molecule has 138 valence electrons. The molecule has 0 spiro atoms. The summed E-state index contributed by atoms with van der Waals surface area (Å²) in [5.74, 6) is -0.601. The molecule has 1 aromatic heterocycles. The first kappa shape index (κ1) is 18.1. The smallest absolute Gasteiger partial charge is 0.408 e. The average Bonchev–Trinajstić information content (AvgIpc) is 2.93. The number of likely N-dealkylation sites (N-methyl/N-ethyl adjacent to an activating group) is 1. The van der Waals surface area contributed by atoms with Gasteiger partial charge in [0.2, 0.25) is 10.0 Å². The normalized spacial score (nSPS) is 18.9. The third-order valence-electron chi connectivity index (χ3n) is 4.70. The summed E-state index contributed by atoms with van der Waals surface area (Å²) in [5, 5.41) is 0. The first-order chi connectivity index (χ1) is 11.8. The monoisotopic (exact) mass is 369 g/mol. The summed E-state index contributed by atoms with van der Waals surface area (Å²) in [6, 6.07) is 4.42. The Kier molecular flexibility index (Phi) is 4.76. The van der Waals surface area contributed by atoms with Crippen molar-refractivity contribution in [2.45, 2.75) is 23.3 Å². The van der Waals surface area contributed by atoms with Gasteiger partial charge in [0.15, 0.2) is 5.58 Å². The van der Waals surface area contributed by atoms with E-state index in [2.05, 4.69) is 9.88 Å². The van der Waals surface area contributed by atoms with Crippen LogP contribution in [0.4, 0.5) is 0 Å². The van der Waals surface area contributed by atoms with E-state index in [4.69, 9.17) is 9.15 Å². The van der Waals surface area contributed by atoms with Gasteiger partial charge < -0.3 is 14.1 Å². The molecular weight excluding hydrogens is 346 g/mol. The van der Waals surface area contributed by atoms with E-state index in [1.54, 1.807) is 13.2 Å². The summed E-state index contributed by atoms with van der Waals surface area (Å²) in [6.07, 6.45) is 1.25. The van der Waals surface area contributed by atoms with Gasteiger partial charge in [-0.1, -0.05) is 0 Å². The number of fused-ring (bicyclic) bond motifs is 1. The van der Waals surface area contributed by atoms with Crippen LogP contribution in [0.3, 0.4) is 0 Å². The lowest BCUT2D eigenvalue weighted by atomic mass is 9.91. The average molecular weight is 369 g/mol. The molecule has 9 heteroatoms. The maximum absolute atomic E-state index is 12.9. The molecule has 1 fully saturated rings. The van der Waals surface area contributed by atoms with Crippen LogP contribution in [-0.2, 0) is 14.8 Å². The minimum atomic E-state index is -3.64. The summed E-state index contributed by atoms with van der Waals surface area (Å²) >= 11 is 0. The maximum Gasteiger partial charge on any atom is 0.417 e. The molecule has 0 aliphatic carbocycles. The molecule has 25 heavy (non-hydrogen) atoms. The highest BCUT2D eigenvalue weighted by Crippen LogP contribution is 2.30. The molecule has 1 saturated heterocycles. The number of hydrogen-bond acceptors (Lipinski definition) is 6. The van der Waals surface area contributed by atoms with Gasteiger partial charge in [-0.2, -0.15) is 4.31 Å². The first-order valence-corrected chi connectivity index (χ1v) is 9.53. The minimum Gasteiger partial charge on any atom is -0.408 e. The fourth-order valence-corrected chi connectivity index (χ4v) is 4.83. The second-order valence-electron chi connectivity index (χ2n) is 6.70. The van der Waals surface area contributed by atoms with Gasteiger partial charge >= 0.3 is 5.76 Å². The number of benzene rings is 1. The highest BCUT2D eigenvalue weighted by molar-refractivity contribution is 7.89. The zero-order valence-corrected chi connectivity index (χ0v) is 15.4. The highest BCUT2D eigenvalue weighted by atomic mass is 32.2. The van der Waals surface area contributed by atoms with Crippen LogP contribution >= 0.6 is 0 Å². The van der Waals surface area contributed by atoms with E-state index in [1.165, 1.54) is 16.4 Å². The van der Waals surface area contributed by atoms with E-state index in [0.29, 0.717) is 31.4 Å². The topological polar surface area (TPSA) is 95.9 Å². The van der Waals surface area contributed by atoms with Crippen molar-refractivity contribution >= 4 is 21.1 Å². The van der Waals surface area contributed by atoms with Crippen molar-refractivity contribution in [3.63, 3.8) is 0 Å². The van der Waals surface area contributed by atoms with Gasteiger partial charge in [-0.05, 0) is 39.1 Å². The summed E-state index contributed by atoms with van der Waals surface area (Å²) in [7, 11) is 1.99. The highest BCUT2D eigenvalue weighted by Gasteiger charge is 2.39. The third-order valence-corrected chi connectivity index (χ3v) is 6.60. The van der Waals surface area contributed by atoms with E-state index >= 15 is 0 Å². The van der Waals surface area contributed by atoms with Crippen molar-refractivity contribution in [3.8, 4) is 0 Å². The van der Waals surface area contributed by atoms with Crippen LogP contribution in [0.2, 0.25) is 0 Å². The molecule has 0 atom stereocenters. The Morgan fingerprint density at radius 2 is 2.00 bits per heavy atom. The van der Waals surface area contributed by atoms with Gasteiger partial charge in [-0.15, -0.1) is 0 Å². The van der Waals surface area contributed by atoms with Crippen LogP contribution in [0.25, 0.3) is 11.1 Å². The zero-order valence-electron chi connectivity index (χ0n) is 14.6. The predicted molar refractivity (Wildman–Crippen MR) is 93.1 cm³/mol. The molecule has 3 rings (SSSR count). The van der Waals surface area contributed by atoms with Gasteiger partial charge in [-0.3, -0.25) is 4.98 Å². The summed E-state index contributed by atoms with van der Waals surface area (Å²) in [5.41, 5.74) is 0.390. The van der Waals surface area contributed by atoms with E-state index in [0.717, 1.165) is 6.54 Å². The number of aromatic nitrogens is 1. The number of nitrogens with one attached hydrogen (secondary N) is 1. The van der Waals surface area contributed by atoms with Crippen LogP contribution in [0.5, 0.6) is 0 Å². The number of H-pyrrole nitrogens is 1. The van der Waals surface area contributed by atoms with Crippen LogP contribution in [0.1, 0.15) is 12.8 Å². The Labute approximate surface area is 146 Å². The van der Waals surface area contributed by atoms with Crippen LogP contribution in [0.15, 0.2) is 32.3 Å². The molecule has 2 heterocycles. The summed E-state index contributed by atoms with van der Waals surface area (Å²) in [4.78, 5) is 15.9. The lowest BCUT2D eigenvalue weighted by molar-refractivity contribution is -0.0597. The molecule has 0 amide bonds. The molecular formula is C16H23N3O5S. The lowest BCUT2D eigenvalue weighted by Gasteiger charge is -2.41. The molecule has 1 aliphatic heterocycles. The number of piperidine rings is 1. The fourth-order valence-electron chi connectivity index (χ4n) is 3.37. The van der Waals surface area contributed by atoms with Crippen LogP contribution in [-0.4, -0.2) is 69.0 Å². The number of ether oxygens (including phenoxy) is 1. The lowest BCUT2D eigenvalue weighted by Crippen LogP contribution is -2.52. The maximum atomic E-state index is 12.9. The Bertz CT molecular complexity index is 907. The van der Waals surface area contributed by atoms with Crippen molar-refractivity contribution in [3.05, 3.63) is 28.7 Å². The molecule has 0 saturated carbocycles.